The number of β-amino-alcohol motifs (C(OH)–C–C–N with tert-alkyl or cyclic N) is 1. The molecule has 2 aromatic heterocycles. The van der Waals surface area contributed by atoms with Crippen LogP contribution >= 0.6 is 0 Å². The molecule has 0 spiro atoms. The number of aromatic nitrogens is 4. The summed E-state index contributed by atoms with van der Waals surface area (Å²) < 4.78 is 1.54. The molecule has 128 valence electrons. The highest BCUT2D eigenvalue weighted by atomic mass is 16.3. The van der Waals surface area contributed by atoms with Gasteiger partial charge in [0.1, 0.15) is 11.5 Å². The Hall–Kier alpha value is -2.48. The number of likely N-dealkylation sites (N-methyl/N-ethyl adjacent to an activating group) is 1. The molecule has 0 saturated carbocycles. The van der Waals surface area contributed by atoms with Crippen LogP contribution in [0.5, 0.6) is 0 Å². The van der Waals surface area contributed by atoms with Gasteiger partial charge in [0.25, 0.3) is 5.91 Å². The van der Waals surface area contributed by atoms with E-state index < -0.39 is 5.60 Å². The lowest BCUT2D eigenvalue weighted by molar-refractivity contribution is -0.000418. The Morgan fingerprint density at radius 3 is 2.92 bits per heavy atom. The number of anilines is 1. The maximum atomic E-state index is 12.5. The van der Waals surface area contributed by atoms with Crippen molar-refractivity contribution in [1.29, 1.82) is 0 Å². The van der Waals surface area contributed by atoms with Gasteiger partial charge in [0, 0.05) is 45.8 Å². The molecule has 1 N–H and O–H groups in total. The molecule has 1 fully saturated rings. The van der Waals surface area contributed by atoms with Crippen molar-refractivity contribution in [3.63, 3.8) is 0 Å². The summed E-state index contributed by atoms with van der Waals surface area (Å²) in [6, 6.07) is 1.68. The Morgan fingerprint density at radius 2 is 2.25 bits per heavy atom. The first kappa shape index (κ1) is 16.4. The van der Waals surface area contributed by atoms with E-state index in [0.717, 1.165) is 18.8 Å². The lowest BCUT2D eigenvalue weighted by Crippen LogP contribution is -2.55. The molecule has 2 aromatic rings. The highest BCUT2D eigenvalue weighted by molar-refractivity contribution is 5.92. The van der Waals surface area contributed by atoms with E-state index >= 15 is 0 Å². The number of hydrogen-bond donors (Lipinski definition) is 1. The molecule has 0 radical (unpaired) electrons. The van der Waals surface area contributed by atoms with Gasteiger partial charge in [-0.05, 0) is 18.9 Å². The van der Waals surface area contributed by atoms with E-state index in [4.69, 9.17) is 0 Å². The van der Waals surface area contributed by atoms with Crippen molar-refractivity contribution in [3.05, 3.63) is 36.5 Å². The molecule has 24 heavy (non-hydrogen) atoms. The van der Waals surface area contributed by atoms with Gasteiger partial charge in [-0.3, -0.25) is 14.5 Å². The second-order valence-corrected chi connectivity index (χ2v) is 6.31. The summed E-state index contributed by atoms with van der Waals surface area (Å²) in [5.41, 5.74) is -0.471. The van der Waals surface area contributed by atoms with Crippen molar-refractivity contribution < 1.29 is 9.90 Å². The van der Waals surface area contributed by atoms with Crippen molar-refractivity contribution in [3.8, 4) is 0 Å². The number of hydrogen-bond acceptors (Lipinski definition) is 6. The lowest BCUT2D eigenvalue weighted by atomic mass is 9.92. The minimum absolute atomic E-state index is 0.153. The van der Waals surface area contributed by atoms with Crippen LogP contribution in [0.2, 0.25) is 0 Å². The SMILES string of the molecule is CN(C[C@]1(O)CCCN(c2cnccn2)C1)C(=O)c1ccnn1C. The molecule has 1 aliphatic rings. The van der Waals surface area contributed by atoms with E-state index in [-0.39, 0.29) is 12.5 Å². The summed E-state index contributed by atoms with van der Waals surface area (Å²) in [5, 5.41) is 15.0. The number of aryl methyl sites for hydroxylation is 1. The first-order valence-electron chi connectivity index (χ1n) is 7.95. The van der Waals surface area contributed by atoms with E-state index in [2.05, 4.69) is 15.1 Å². The van der Waals surface area contributed by atoms with Gasteiger partial charge in [-0.2, -0.15) is 5.10 Å². The third kappa shape index (κ3) is 3.38. The monoisotopic (exact) mass is 330 g/mol. The number of aliphatic hydroxyl groups is 1. The quantitative estimate of drug-likeness (QED) is 0.868. The Morgan fingerprint density at radius 1 is 1.42 bits per heavy atom. The number of carbonyl (C=O) groups is 1. The number of piperidine rings is 1. The van der Waals surface area contributed by atoms with Crippen LogP contribution in [0.15, 0.2) is 30.9 Å². The molecule has 0 bridgehead atoms. The molecular formula is C16H22N6O2. The lowest BCUT2D eigenvalue weighted by Gasteiger charge is -2.41. The predicted molar refractivity (Wildman–Crippen MR) is 88.6 cm³/mol. The predicted octanol–water partition coefficient (Wildman–Crippen LogP) is 0.314. The summed E-state index contributed by atoms with van der Waals surface area (Å²) in [7, 11) is 3.43. The van der Waals surface area contributed by atoms with Gasteiger partial charge in [-0.1, -0.05) is 0 Å². The molecule has 1 atom stereocenters. The van der Waals surface area contributed by atoms with Crippen LogP contribution in [0.25, 0.3) is 0 Å². The summed E-state index contributed by atoms with van der Waals surface area (Å²) in [4.78, 5) is 24.5. The smallest absolute Gasteiger partial charge is 0.271 e. The average molecular weight is 330 g/mol. The van der Waals surface area contributed by atoms with Gasteiger partial charge >= 0.3 is 0 Å². The van der Waals surface area contributed by atoms with E-state index in [1.807, 2.05) is 4.90 Å². The van der Waals surface area contributed by atoms with Gasteiger partial charge in [0.15, 0.2) is 0 Å². The fraction of sp³-hybridized carbons (Fsp3) is 0.500. The zero-order valence-corrected chi connectivity index (χ0v) is 14.0. The number of carbonyl (C=O) groups excluding carboxylic acids is 1. The highest BCUT2D eigenvalue weighted by Crippen LogP contribution is 2.25. The first-order valence-corrected chi connectivity index (χ1v) is 7.95. The van der Waals surface area contributed by atoms with E-state index in [1.165, 1.54) is 4.68 Å². The second-order valence-electron chi connectivity index (χ2n) is 6.31. The van der Waals surface area contributed by atoms with Gasteiger partial charge < -0.3 is 14.9 Å². The molecule has 1 amide bonds. The Kier molecular flexibility index (Phi) is 4.48. The molecule has 1 aliphatic heterocycles. The number of rotatable bonds is 4. The van der Waals surface area contributed by atoms with Crippen LogP contribution in [0.3, 0.4) is 0 Å². The Labute approximate surface area is 140 Å². The molecular weight excluding hydrogens is 308 g/mol. The molecule has 0 aromatic carbocycles. The molecule has 3 heterocycles. The molecule has 0 unspecified atom stereocenters. The van der Waals surface area contributed by atoms with Crippen molar-refractivity contribution in [2.45, 2.75) is 18.4 Å². The van der Waals surface area contributed by atoms with Gasteiger partial charge in [0.05, 0.1) is 18.3 Å². The average Bonchev–Trinajstić information content (AvgIpc) is 3.00. The summed E-state index contributed by atoms with van der Waals surface area (Å²) in [6.45, 7) is 1.50. The van der Waals surface area contributed by atoms with Crippen molar-refractivity contribution in [2.75, 3.05) is 31.6 Å². The van der Waals surface area contributed by atoms with E-state index in [0.29, 0.717) is 18.7 Å². The fourth-order valence-electron chi connectivity index (χ4n) is 3.18. The topological polar surface area (TPSA) is 87.4 Å². The van der Waals surface area contributed by atoms with Crippen molar-refractivity contribution >= 4 is 11.7 Å². The van der Waals surface area contributed by atoms with Crippen LogP contribution in [-0.4, -0.2) is 67.9 Å². The third-order valence-corrected chi connectivity index (χ3v) is 4.35. The fourth-order valence-corrected chi connectivity index (χ4v) is 3.18. The number of amides is 1. The summed E-state index contributed by atoms with van der Waals surface area (Å²) in [5.74, 6) is 0.594. The zero-order chi connectivity index (χ0) is 17.2. The summed E-state index contributed by atoms with van der Waals surface area (Å²) >= 11 is 0. The number of nitrogens with zero attached hydrogens (tertiary/aromatic N) is 6. The summed E-state index contributed by atoms with van der Waals surface area (Å²) in [6.07, 6.45) is 8.02. The van der Waals surface area contributed by atoms with Crippen LogP contribution in [-0.2, 0) is 7.05 Å². The maximum Gasteiger partial charge on any atom is 0.271 e. The molecule has 8 nitrogen and oxygen atoms in total. The van der Waals surface area contributed by atoms with E-state index in [9.17, 15) is 9.90 Å². The van der Waals surface area contributed by atoms with Gasteiger partial charge in [0.2, 0.25) is 0 Å². The van der Waals surface area contributed by atoms with E-state index in [1.54, 1.807) is 49.8 Å². The normalized spacial score (nSPS) is 20.9. The second kappa shape index (κ2) is 6.56. The standard InChI is InChI=1S/C16H22N6O2/c1-20(15(23)13-4-6-19-21(13)2)11-16(24)5-3-9-22(12-16)14-10-17-7-8-18-14/h4,6-8,10,24H,3,5,9,11-12H2,1-2H3/t16-/m1/s1. The van der Waals surface area contributed by atoms with Crippen LogP contribution in [0.4, 0.5) is 5.82 Å². The van der Waals surface area contributed by atoms with Crippen molar-refractivity contribution in [2.24, 2.45) is 7.05 Å². The maximum absolute atomic E-state index is 12.5. The molecule has 0 aliphatic carbocycles. The van der Waals surface area contributed by atoms with Crippen LogP contribution in [0, 0.1) is 0 Å². The van der Waals surface area contributed by atoms with Gasteiger partial charge in [-0.25, -0.2) is 4.98 Å². The Bertz CT molecular complexity index is 704. The molecule has 8 heteroatoms. The van der Waals surface area contributed by atoms with Gasteiger partial charge in [-0.15, -0.1) is 0 Å². The minimum Gasteiger partial charge on any atom is -0.386 e. The molecule has 3 rings (SSSR count). The first-order chi connectivity index (χ1) is 11.5. The Balaban J connectivity index is 1.69. The third-order valence-electron chi connectivity index (χ3n) is 4.35. The van der Waals surface area contributed by atoms with Crippen LogP contribution in [0.1, 0.15) is 23.3 Å². The molecule has 1 saturated heterocycles. The highest BCUT2D eigenvalue weighted by Gasteiger charge is 2.36. The van der Waals surface area contributed by atoms with Crippen LogP contribution < -0.4 is 4.90 Å². The largest absolute Gasteiger partial charge is 0.386 e. The zero-order valence-electron chi connectivity index (χ0n) is 14.0. The minimum atomic E-state index is -0.973. The van der Waals surface area contributed by atoms with Crippen molar-refractivity contribution in [1.82, 2.24) is 24.6 Å².